The van der Waals surface area contributed by atoms with Crippen LogP contribution in [0.3, 0.4) is 0 Å². The number of fused-ring (bicyclic) bond motifs is 8. The molecule has 1 aromatic carbocycles. The summed E-state index contributed by atoms with van der Waals surface area (Å²) in [7, 11) is 0. The molecule has 5 heteroatoms. The lowest BCUT2D eigenvalue weighted by molar-refractivity contribution is 0.112. The standard InChI is InChI=1S/C30H26N4O/c1-17-22-8-10-24(31-22)18(2)26-12-14-28(33-26)30(21-6-4-20(16-35)5-7-21)29-15-13-27(34-29)19(3)25-11-9-23(17)32-25/h4-16,31-34H,1-3H3. The first kappa shape index (κ1) is 21.1. The Kier molecular flexibility index (Phi) is 4.85. The second-order valence-electron chi connectivity index (χ2n) is 9.13. The molecule has 4 N–H and O–H groups in total. The van der Waals surface area contributed by atoms with Crippen molar-refractivity contribution in [2.24, 2.45) is 0 Å². The number of aromatic amines is 4. The van der Waals surface area contributed by atoms with Gasteiger partial charge in [-0.2, -0.15) is 0 Å². The van der Waals surface area contributed by atoms with Crippen LogP contribution in [0.15, 0.2) is 72.8 Å². The molecule has 172 valence electrons. The fourth-order valence-electron chi connectivity index (χ4n) is 4.80. The fraction of sp³-hybridized carbons (Fsp3) is 0.100. The topological polar surface area (TPSA) is 80.2 Å². The highest BCUT2D eigenvalue weighted by atomic mass is 16.1. The van der Waals surface area contributed by atoms with E-state index in [0.717, 1.165) is 72.7 Å². The van der Waals surface area contributed by atoms with Crippen molar-refractivity contribution in [2.45, 2.75) is 20.8 Å². The van der Waals surface area contributed by atoms with Crippen molar-refractivity contribution in [1.29, 1.82) is 0 Å². The maximum atomic E-state index is 11.2. The van der Waals surface area contributed by atoms with Crippen molar-refractivity contribution in [3.8, 4) is 0 Å². The summed E-state index contributed by atoms with van der Waals surface area (Å²) in [6.45, 7) is 6.38. The molecule has 0 spiro atoms. The van der Waals surface area contributed by atoms with Crippen molar-refractivity contribution in [1.82, 2.24) is 19.9 Å². The minimum atomic E-state index is 0.660. The van der Waals surface area contributed by atoms with Gasteiger partial charge < -0.3 is 19.9 Å². The largest absolute Gasteiger partial charge is 0.355 e. The molecular formula is C30H26N4O. The summed E-state index contributed by atoms with van der Waals surface area (Å²) in [5.41, 5.74) is 10.4. The molecule has 4 aromatic heterocycles. The van der Waals surface area contributed by atoms with E-state index in [1.807, 2.05) is 24.3 Å². The molecule has 5 heterocycles. The predicted octanol–water partition coefficient (Wildman–Crippen LogP) is 3.03. The number of H-pyrrole nitrogens is 4. The molecule has 0 saturated carbocycles. The average molecular weight is 459 g/mol. The minimum Gasteiger partial charge on any atom is -0.355 e. The second-order valence-corrected chi connectivity index (χ2v) is 9.13. The number of rotatable bonds is 2. The molecule has 1 aliphatic rings. The van der Waals surface area contributed by atoms with E-state index in [2.05, 4.69) is 89.2 Å². The number of hydrogen-bond donors (Lipinski definition) is 4. The monoisotopic (exact) mass is 458 g/mol. The Labute approximate surface area is 202 Å². The zero-order valence-corrected chi connectivity index (χ0v) is 19.9. The molecule has 0 fully saturated rings. The molecule has 0 unspecified atom stereocenters. The highest BCUT2D eigenvalue weighted by Crippen LogP contribution is 2.23. The third kappa shape index (κ3) is 3.53. The van der Waals surface area contributed by atoms with Gasteiger partial charge in [0, 0.05) is 55.3 Å². The van der Waals surface area contributed by atoms with Crippen LogP contribution in [-0.2, 0) is 0 Å². The predicted molar refractivity (Wildman–Crippen MR) is 140 cm³/mol. The van der Waals surface area contributed by atoms with Crippen LogP contribution in [0.4, 0.5) is 0 Å². The number of hydrogen-bond acceptors (Lipinski definition) is 1. The molecule has 8 bridgehead atoms. The van der Waals surface area contributed by atoms with Crippen LogP contribution in [0.25, 0.3) is 22.3 Å². The second kappa shape index (κ2) is 8.06. The van der Waals surface area contributed by atoms with Gasteiger partial charge in [0.1, 0.15) is 6.29 Å². The number of aldehydes is 1. The van der Waals surface area contributed by atoms with E-state index in [9.17, 15) is 4.79 Å². The van der Waals surface area contributed by atoms with E-state index >= 15 is 0 Å². The summed E-state index contributed by atoms with van der Waals surface area (Å²) in [6, 6.07) is 24.7. The van der Waals surface area contributed by atoms with Gasteiger partial charge in [-0.15, -0.1) is 0 Å². The number of nitrogens with one attached hydrogen (secondary N) is 4. The maximum Gasteiger partial charge on any atom is 0.150 e. The van der Waals surface area contributed by atoms with E-state index in [1.165, 1.54) is 5.57 Å². The third-order valence-corrected chi connectivity index (χ3v) is 7.04. The molecule has 0 amide bonds. The first-order chi connectivity index (χ1) is 17.0. The van der Waals surface area contributed by atoms with Crippen LogP contribution in [0.5, 0.6) is 0 Å². The molecule has 0 radical (unpaired) electrons. The van der Waals surface area contributed by atoms with Crippen molar-refractivity contribution >= 4 is 28.6 Å². The van der Waals surface area contributed by atoms with Crippen LogP contribution in [0.2, 0.25) is 0 Å². The quantitative estimate of drug-likeness (QED) is 0.302. The van der Waals surface area contributed by atoms with E-state index in [-0.39, 0.29) is 0 Å². The van der Waals surface area contributed by atoms with Gasteiger partial charge in [-0.05, 0) is 91.6 Å². The van der Waals surface area contributed by atoms with E-state index in [0.29, 0.717) is 5.56 Å². The molecule has 0 aliphatic carbocycles. The smallest absolute Gasteiger partial charge is 0.150 e. The number of benzene rings is 1. The van der Waals surface area contributed by atoms with E-state index < -0.39 is 0 Å². The summed E-state index contributed by atoms with van der Waals surface area (Å²) in [5, 5.41) is 4.23. The Balaban J connectivity index is 1.71. The lowest BCUT2D eigenvalue weighted by Crippen LogP contribution is -2.17. The normalized spacial score (nSPS) is 13.5. The van der Waals surface area contributed by atoms with Crippen LogP contribution < -0.4 is 21.4 Å². The van der Waals surface area contributed by atoms with Gasteiger partial charge in [-0.1, -0.05) is 24.3 Å². The summed E-state index contributed by atoms with van der Waals surface area (Å²) in [6.07, 6.45) is 0.873. The molecule has 35 heavy (non-hydrogen) atoms. The lowest BCUT2D eigenvalue weighted by atomic mass is 10.0. The van der Waals surface area contributed by atoms with Gasteiger partial charge in [-0.25, -0.2) is 0 Å². The van der Waals surface area contributed by atoms with Crippen LogP contribution in [0.1, 0.15) is 59.5 Å². The van der Waals surface area contributed by atoms with Crippen LogP contribution >= 0.6 is 0 Å². The number of aromatic nitrogens is 4. The zero-order chi connectivity index (χ0) is 24.1. The number of carbonyl (C=O) groups is 1. The van der Waals surface area contributed by atoms with Crippen molar-refractivity contribution in [3.63, 3.8) is 0 Å². The Morgan fingerprint density at radius 1 is 0.486 bits per heavy atom. The Morgan fingerprint density at radius 3 is 1.43 bits per heavy atom. The Morgan fingerprint density at radius 2 is 0.914 bits per heavy atom. The SMILES string of the molecule is CC1=c2ccc([nH]2)=C(C)c2ccc([nH]2)C(c2ccc(C=O)cc2)=c2ccc([nH]2)=C(C)c2ccc1[nH]2. The van der Waals surface area contributed by atoms with Gasteiger partial charge in [0.2, 0.25) is 0 Å². The molecule has 0 atom stereocenters. The van der Waals surface area contributed by atoms with Crippen molar-refractivity contribution in [2.75, 3.05) is 0 Å². The lowest BCUT2D eigenvalue weighted by Gasteiger charge is -2.07. The van der Waals surface area contributed by atoms with Gasteiger partial charge in [-0.3, -0.25) is 4.79 Å². The zero-order valence-electron chi connectivity index (χ0n) is 19.9. The molecular weight excluding hydrogens is 432 g/mol. The summed E-state index contributed by atoms with van der Waals surface area (Å²) in [4.78, 5) is 25.7. The van der Waals surface area contributed by atoms with E-state index in [1.54, 1.807) is 0 Å². The molecule has 5 aromatic rings. The van der Waals surface area contributed by atoms with Crippen molar-refractivity contribution < 1.29 is 4.79 Å². The first-order valence-electron chi connectivity index (χ1n) is 11.7. The van der Waals surface area contributed by atoms with Crippen molar-refractivity contribution in [3.05, 3.63) is 128 Å². The van der Waals surface area contributed by atoms with E-state index in [4.69, 9.17) is 0 Å². The third-order valence-electron chi connectivity index (χ3n) is 7.04. The first-order valence-corrected chi connectivity index (χ1v) is 11.7. The van der Waals surface area contributed by atoms with Crippen LogP contribution in [0, 0.1) is 0 Å². The van der Waals surface area contributed by atoms with Gasteiger partial charge in [0.15, 0.2) is 0 Å². The van der Waals surface area contributed by atoms with Gasteiger partial charge in [0.05, 0.1) is 0 Å². The average Bonchev–Trinajstić information content (AvgIpc) is 3.69. The minimum absolute atomic E-state index is 0.660. The van der Waals surface area contributed by atoms with Gasteiger partial charge in [0.25, 0.3) is 0 Å². The Hall–Kier alpha value is -4.51. The highest BCUT2D eigenvalue weighted by Gasteiger charge is 2.13. The molecule has 1 aliphatic heterocycles. The summed E-state index contributed by atoms with van der Waals surface area (Å²) < 4.78 is 0. The summed E-state index contributed by atoms with van der Waals surface area (Å²) >= 11 is 0. The Bertz CT molecular complexity index is 1830. The number of carbonyl (C=O) groups excluding carboxylic acids is 1. The highest BCUT2D eigenvalue weighted by molar-refractivity contribution is 5.81. The fourth-order valence-corrected chi connectivity index (χ4v) is 4.80. The van der Waals surface area contributed by atoms with Gasteiger partial charge >= 0.3 is 0 Å². The maximum absolute atomic E-state index is 11.2. The summed E-state index contributed by atoms with van der Waals surface area (Å²) in [5.74, 6) is 0. The molecule has 5 nitrogen and oxygen atoms in total. The molecule has 0 saturated heterocycles. The molecule has 6 rings (SSSR count). The van der Waals surface area contributed by atoms with Crippen LogP contribution in [-0.4, -0.2) is 26.2 Å².